The molecule has 26 heavy (non-hydrogen) atoms. The minimum atomic E-state index is -0.304. The minimum absolute atomic E-state index is 0.158. The molecule has 0 bridgehead atoms. The number of amides is 1. The number of aryl methyl sites for hydroxylation is 1. The van der Waals surface area contributed by atoms with E-state index in [-0.39, 0.29) is 17.8 Å². The predicted octanol–water partition coefficient (Wildman–Crippen LogP) is 5.48. The standard InChI is InChI=1S/C19H17ClFN3OS/c1-11(13-3-5-14(20)6-4-13)22-18(25)17-12(2)23-19(26-17)24-16-9-7-15(21)8-10-16/h3-11H,1-2H3,(H,22,25)(H,23,24)/t11-/m1/s1. The maximum atomic E-state index is 13.0. The van der Waals surface area contributed by atoms with Crippen molar-refractivity contribution in [1.29, 1.82) is 0 Å². The van der Waals surface area contributed by atoms with Gasteiger partial charge >= 0.3 is 0 Å². The van der Waals surface area contributed by atoms with E-state index in [2.05, 4.69) is 15.6 Å². The fourth-order valence-electron chi connectivity index (χ4n) is 2.41. The first-order chi connectivity index (χ1) is 12.4. The van der Waals surface area contributed by atoms with Gasteiger partial charge in [0.1, 0.15) is 10.7 Å². The molecule has 2 N–H and O–H groups in total. The van der Waals surface area contributed by atoms with Gasteiger partial charge in [0, 0.05) is 10.7 Å². The van der Waals surface area contributed by atoms with Crippen LogP contribution in [0, 0.1) is 12.7 Å². The summed E-state index contributed by atoms with van der Waals surface area (Å²) in [4.78, 5) is 17.5. The van der Waals surface area contributed by atoms with E-state index in [0.717, 1.165) is 5.56 Å². The molecule has 0 saturated carbocycles. The number of carbonyl (C=O) groups excluding carboxylic acids is 1. The molecule has 0 aliphatic carbocycles. The molecule has 0 fully saturated rings. The number of nitrogens with zero attached hydrogens (tertiary/aromatic N) is 1. The average Bonchev–Trinajstić information content (AvgIpc) is 2.98. The van der Waals surface area contributed by atoms with E-state index in [1.165, 1.54) is 23.5 Å². The molecule has 7 heteroatoms. The Kier molecular flexibility index (Phi) is 5.54. The summed E-state index contributed by atoms with van der Waals surface area (Å²) >= 11 is 7.15. The lowest BCUT2D eigenvalue weighted by molar-refractivity contribution is 0.0943. The van der Waals surface area contributed by atoms with Crippen molar-refractivity contribution < 1.29 is 9.18 Å². The van der Waals surface area contributed by atoms with Gasteiger partial charge in [-0.05, 0) is 55.8 Å². The Hall–Kier alpha value is -2.44. The molecule has 1 aromatic heterocycles. The van der Waals surface area contributed by atoms with Crippen LogP contribution < -0.4 is 10.6 Å². The fraction of sp³-hybridized carbons (Fsp3) is 0.158. The summed E-state index contributed by atoms with van der Waals surface area (Å²) in [6, 6.07) is 13.2. The van der Waals surface area contributed by atoms with Crippen molar-refractivity contribution in [3.63, 3.8) is 0 Å². The van der Waals surface area contributed by atoms with Crippen LogP contribution in [0.15, 0.2) is 48.5 Å². The Morgan fingerprint density at radius 1 is 1.15 bits per heavy atom. The highest BCUT2D eigenvalue weighted by Gasteiger charge is 2.18. The molecule has 0 aliphatic heterocycles. The highest BCUT2D eigenvalue weighted by Crippen LogP contribution is 2.26. The third kappa shape index (κ3) is 4.39. The summed E-state index contributed by atoms with van der Waals surface area (Å²) in [5.74, 6) is -0.489. The number of hydrogen-bond donors (Lipinski definition) is 2. The molecule has 3 aromatic rings. The lowest BCUT2D eigenvalue weighted by atomic mass is 10.1. The molecule has 0 spiro atoms. The monoisotopic (exact) mass is 389 g/mol. The smallest absolute Gasteiger partial charge is 0.263 e. The summed E-state index contributed by atoms with van der Waals surface area (Å²) in [6.07, 6.45) is 0. The van der Waals surface area contributed by atoms with Crippen molar-refractivity contribution in [2.75, 3.05) is 5.32 Å². The lowest BCUT2D eigenvalue weighted by Gasteiger charge is -2.13. The average molecular weight is 390 g/mol. The molecule has 0 saturated heterocycles. The van der Waals surface area contributed by atoms with Crippen LogP contribution in [0.5, 0.6) is 0 Å². The van der Waals surface area contributed by atoms with Crippen LogP contribution in [0.4, 0.5) is 15.2 Å². The third-order valence-electron chi connectivity index (χ3n) is 3.82. The Morgan fingerprint density at radius 2 is 1.81 bits per heavy atom. The van der Waals surface area contributed by atoms with Gasteiger partial charge in [0.2, 0.25) is 0 Å². The van der Waals surface area contributed by atoms with Crippen LogP contribution in [0.3, 0.4) is 0 Å². The number of carbonyl (C=O) groups is 1. The molecule has 3 rings (SSSR count). The molecule has 1 heterocycles. The lowest BCUT2D eigenvalue weighted by Crippen LogP contribution is -2.26. The Balaban J connectivity index is 1.70. The molecule has 1 atom stereocenters. The zero-order chi connectivity index (χ0) is 18.7. The van der Waals surface area contributed by atoms with Crippen LogP contribution in [-0.2, 0) is 0 Å². The van der Waals surface area contributed by atoms with E-state index in [9.17, 15) is 9.18 Å². The number of benzene rings is 2. The number of nitrogens with one attached hydrogen (secondary N) is 2. The summed E-state index contributed by atoms with van der Waals surface area (Å²) in [5.41, 5.74) is 2.32. The number of aromatic nitrogens is 1. The second kappa shape index (κ2) is 7.85. The van der Waals surface area contributed by atoms with Gasteiger partial charge in [-0.3, -0.25) is 4.79 Å². The zero-order valence-corrected chi connectivity index (χ0v) is 15.8. The van der Waals surface area contributed by atoms with E-state index in [1.807, 2.05) is 19.1 Å². The first kappa shape index (κ1) is 18.4. The first-order valence-corrected chi connectivity index (χ1v) is 9.18. The van der Waals surface area contributed by atoms with E-state index >= 15 is 0 Å². The number of halogens is 2. The van der Waals surface area contributed by atoms with Crippen molar-refractivity contribution in [3.8, 4) is 0 Å². The molecule has 4 nitrogen and oxygen atoms in total. The van der Waals surface area contributed by atoms with Gasteiger partial charge in [-0.15, -0.1) is 0 Å². The number of anilines is 2. The van der Waals surface area contributed by atoms with Crippen LogP contribution in [0.2, 0.25) is 5.02 Å². The second-order valence-electron chi connectivity index (χ2n) is 5.81. The number of thiazole rings is 1. The van der Waals surface area contributed by atoms with Crippen molar-refractivity contribution in [2.24, 2.45) is 0 Å². The molecule has 0 radical (unpaired) electrons. The van der Waals surface area contributed by atoms with Crippen LogP contribution in [0.25, 0.3) is 0 Å². The molecule has 1 amide bonds. The van der Waals surface area contributed by atoms with Crippen LogP contribution in [-0.4, -0.2) is 10.9 Å². The van der Waals surface area contributed by atoms with Crippen molar-refractivity contribution in [1.82, 2.24) is 10.3 Å². The second-order valence-corrected chi connectivity index (χ2v) is 7.25. The van der Waals surface area contributed by atoms with Crippen molar-refractivity contribution in [3.05, 3.63) is 75.5 Å². The summed E-state index contributed by atoms with van der Waals surface area (Å²) in [7, 11) is 0. The number of rotatable bonds is 5. The maximum Gasteiger partial charge on any atom is 0.263 e. The van der Waals surface area contributed by atoms with Crippen LogP contribution >= 0.6 is 22.9 Å². The van der Waals surface area contributed by atoms with Gasteiger partial charge in [0.15, 0.2) is 5.13 Å². The van der Waals surface area contributed by atoms with Gasteiger partial charge in [-0.1, -0.05) is 35.1 Å². The van der Waals surface area contributed by atoms with Gasteiger partial charge in [0.05, 0.1) is 11.7 Å². The zero-order valence-electron chi connectivity index (χ0n) is 14.2. The Labute approximate surface area is 160 Å². The molecule has 134 valence electrons. The van der Waals surface area contributed by atoms with E-state index in [0.29, 0.717) is 26.4 Å². The third-order valence-corrected chi connectivity index (χ3v) is 5.14. The highest BCUT2D eigenvalue weighted by molar-refractivity contribution is 7.17. The Morgan fingerprint density at radius 3 is 2.46 bits per heavy atom. The summed E-state index contributed by atoms with van der Waals surface area (Å²) < 4.78 is 13.0. The Bertz CT molecular complexity index is 910. The summed E-state index contributed by atoms with van der Waals surface area (Å²) in [6.45, 7) is 3.70. The van der Waals surface area contributed by atoms with Crippen molar-refractivity contribution in [2.45, 2.75) is 19.9 Å². The first-order valence-electron chi connectivity index (χ1n) is 7.98. The molecule has 0 unspecified atom stereocenters. The summed E-state index contributed by atoms with van der Waals surface area (Å²) in [5, 5.41) is 7.29. The molecular weight excluding hydrogens is 373 g/mol. The maximum absolute atomic E-state index is 13.0. The van der Waals surface area contributed by atoms with Crippen LogP contribution in [0.1, 0.15) is 33.9 Å². The topological polar surface area (TPSA) is 54.0 Å². The van der Waals surface area contributed by atoms with E-state index < -0.39 is 0 Å². The van der Waals surface area contributed by atoms with Crippen molar-refractivity contribution >= 4 is 39.7 Å². The van der Waals surface area contributed by atoms with Gasteiger partial charge < -0.3 is 10.6 Å². The van der Waals surface area contributed by atoms with Gasteiger partial charge in [-0.25, -0.2) is 9.37 Å². The fourth-order valence-corrected chi connectivity index (χ4v) is 3.43. The predicted molar refractivity (Wildman–Crippen MR) is 104 cm³/mol. The minimum Gasteiger partial charge on any atom is -0.345 e. The SMILES string of the molecule is Cc1nc(Nc2ccc(F)cc2)sc1C(=O)N[C@H](C)c1ccc(Cl)cc1. The van der Waals surface area contributed by atoms with Gasteiger partial charge in [-0.2, -0.15) is 0 Å². The van der Waals surface area contributed by atoms with E-state index in [1.54, 1.807) is 31.2 Å². The molecular formula is C19H17ClFN3OS. The highest BCUT2D eigenvalue weighted by atomic mass is 35.5. The molecule has 2 aromatic carbocycles. The van der Waals surface area contributed by atoms with E-state index in [4.69, 9.17) is 11.6 Å². The quantitative estimate of drug-likeness (QED) is 0.607. The normalized spacial score (nSPS) is 11.8. The largest absolute Gasteiger partial charge is 0.345 e. The molecule has 0 aliphatic rings. The number of hydrogen-bond acceptors (Lipinski definition) is 4. The van der Waals surface area contributed by atoms with Gasteiger partial charge in [0.25, 0.3) is 5.91 Å².